The van der Waals surface area contributed by atoms with Crippen molar-refractivity contribution >= 4 is 32.9 Å². The number of nitriles is 1. The number of anilines is 2. The van der Waals surface area contributed by atoms with Gasteiger partial charge in [0.1, 0.15) is 22.5 Å². The number of halogens is 1. The number of hydrogen-bond donors (Lipinski definition) is 0. The minimum Gasteiger partial charge on any atom is -0.319 e. The summed E-state index contributed by atoms with van der Waals surface area (Å²) in [6.45, 7) is 0. The molecule has 0 saturated carbocycles. The highest BCUT2D eigenvalue weighted by atomic mass is 32.1. The number of hydrogen-bond acceptors (Lipinski definition) is 5. The summed E-state index contributed by atoms with van der Waals surface area (Å²) in [7, 11) is 3.55. The van der Waals surface area contributed by atoms with Crippen LogP contribution in [0.25, 0.3) is 22.0 Å². The van der Waals surface area contributed by atoms with Crippen LogP contribution in [0.2, 0.25) is 0 Å². The molecule has 4 rings (SSSR count). The van der Waals surface area contributed by atoms with Gasteiger partial charge in [-0.3, -0.25) is 4.79 Å². The predicted molar refractivity (Wildman–Crippen MR) is 109 cm³/mol. The summed E-state index contributed by atoms with van der Waals surface area (Å²) < 4.78 is 14.8. The van der Waals surface area contributed by atoms with Crippen LogP contribution in [0.1, 0.15) is 4.88 Å². The Morgan fingerprint density at radius 1 is 1.14 bits per heavy atom. The van der Waals surface area contributed by atoms with Gasteiger partial charge in [0.15, 0.2) is 5.13 Å². The number of nitrogens with zero attached hydrogens (tertiary/aromatic N) is 4. The van der Waals surface area contributed by atoms with E-state index in [1.165, 1.54) is 28.0 Å². The van der Waals surface area contributed by atoms with Crippen molar-refractivity contribution in [3.8, 4) is 17.3 Å². The third-order valence-electron chi connectivity index (χ3n) is 4.55. The Labute approximate surface area is 164 Å². The van der Waals surface area contributed by atoms with Gasteiger partial charge in [-0.25, -0.2) is 9.37 Å². The van der Waals surface area contributed by atoms with Crippen LogP contribution in [0.15, 0.2) is 59.5 Å². The van der Waals surface area contributed by atoms with Crippen LogP contribution in [0.5, 0.6) is 0 Å². The van der Waals surface area contributed by atoms with Crippen LogP contribution in [-0.2, 0) is 7.05 Å². The molecule has 0 bridgehead atoms. The molecule has 0 fully saturated rings. The third-order valence-corrected chi connectivity index (χ3v) is 5.59. The number of benzene rings is 2. The van der Waals surface area contributed by atoms with Crippen molar-refractivity contribution in [1.82, 2.24) is 9.55 Å². The monoisotopic (exact) mass is 390 g/mol. The molecule has 7 heteroatoms. The van der Waals surface area contributed by atoms with Gasteiger partial charge in [0.25, 0.3) is 5.56 Å². The fraction of sp³-hybridized carbons (Fsp3) is 0.0952. The molecule has 0 aliphatic carbocycles. The van der Waals surface area contributed by atoms with E-state index in [-0.39, 0.29) is 11.4 Å². The Balaban J connectivity index is 1.86. The average Bonchev–Trinajstić information content (AvgIpc) is 3.15. The van der Waals surface area contributed by atoms with E-state index in [4.69, 9.17) is 0 Å². The fourth-order valence-electron chi connectivity index (χ4n) is 3.10. The maximum Gasteiger partial charge on any atom is 0.258 e. The van der Waals surface area contributed by atoms with E-state index in [0.717, 1.165) is 11.1 Å². The van der Waals surface area contributed by atoms with Gasteiger partial charge >= 0.3 is 0 Å². The van der Waals surface area contributed by atoms with E-state index in [2.05, 4.69) is 11.1 Å². The summed E-state index contributed by atoms with van der Waals surface area (Å²) in [6, 6.07) is 15.5. The minimum absolute atomic E-state index is 0.0726. The molecule has 0 N–H and O–H groups in total. The average molecular weight is 390 g/mol. The molecule has 28 heavy (non-hydrogen) atoms. The zero-order valence-electron chi connectivity index (χ0n) is 15.2. The van der Waals surface area contributed by atoms with E-state index >= 15 is 0 Å². The standard InChI is InChI=1S/C21H15FN4OS/c1-25-12-17(15-5-3-4-6-16(15)20(25)27)26(2)21-24-19(18(11-23)28-21)13-7-9-14(22)10-8-13/h3-10,12H,1-2H3. The first-order valence-corrected chi connectivity index (χ1v) is 9.30. The number of fused-ring (bicyclic) bond motifs is 1. The number of pyridine rings is 1. The molecule has 0 amide bonds. The molecule has 2 aromatic heterocycles. The van der Waals surface area contributed by atoms with Gasteiger partial charge in [-0.1, -0.05) is 29.5 Å². The SMILES string of the molecule is CN(c1nc(-c2ccc(F)cc2)c(C#N)s1)c1cn(C)c(=O)c2ccccc12. The summed E-state index contributed by atoms with van der Waals surface area (Å²) in [4.78, 5) is 19.4. The van der Waals surface area contributed by atoms with Crippen LogP contribution in [0, 0.1) is 17.1 Å². The van der Waals surface area contributed by atoms with Crippen LogP contribution in [0.3, 0.4) is 0 Å². The second kappa shape index (κ2) is 6.91. The second-order valence-corrected chi connectivity index (χ2v) is 7.31. The highest BCUT2D eigenvalue weighted by Crippen LogP contribution is 2.36. The summed E-state index contributed by atoms with van der Waals surface area (Å²) in [5, 5.41) is 11.6. The van der Waals surface area contributed by atoms with Gasteiger partial charge in [0, 0.05) is 36.6 Å². The summed E-state index contributed by atoms with van der Waals surface area (Å²) in [6.07, 6.45) is 1.76. The quantitative estimate of drug-likeness (QED) is 0.519. The molecule has 138 valence electrons. The molecule has 2 aromatic carbocycles. The number of thiazole rings is 1. The first-order chi connectivity index (χ1) is 13.5. The number of aryl methyl sites for hydroxylation is 1. The molecule has 5 nitrogen and oxygen atoms in total. The lowest BCUT2D eigenvalue weighted by molar-refractivity contribution is 0.628. The summed E-state index contributed by atoms with van der Waals surface area (Å²) in [5.74, 6) is -0.341. The normalized spacial score (nSPS) is 10.8. The van der Waals surface area contributed by atoms with Gasteiger partial charge < -0.3 is 9.47 Å². The lowest BCUT2D eigenvalue weighted by atomic mass is 10.1. The molecule has 0 atom stereocenters. The van der Waals surface area contributed by atoms with Gasteiger partial charge in [0.2, 0.25) is 0 Å². The fourth-order valence-corrected chi connectivity index (χ4v) is 3.96. The molecular weight excluding hydrogens is 375 g/mol. The summed E-state index contributed by atoms with van der Waals surface area (Å²) in [5.41, 5.74) is 1.93. The molecule has 0 unspecified atom stereocenters. The first kappa shape index (κ1) is 17.9. The van der Waals surface area contributed by atoms with Crippen molar-refractivity contribution in [3.63, 3.8) is 0 Å². The van der Waals surface area contributed by atoms with Crippen LogP contribution >= 0.6 is 11.3 Å². The van der Waals surface area contributed by atoms with Crippen molar-refractivity contribution in [2.75, 3.05) is 11.9 Å². The Hall–Kier alpha value is -3.50. The maximum absolute atomic E-state index is 13.2. The molecular formula is C21H15FN4OS. The molecule has 0 spiro atoms. The van der Waals surface area contributed by atoms with Gasteiger partial charge in [-0.05, 0) is 30.3 Å². The van der Waals surface area contributed by atoms with Crippen LogP contribution in [-0.4, -0.2) is 16.6 Å². The Morgan fingerprint density at radius 3 is 2.50 bits per heavy atom. The lowest BCUT2D eigenvalue weighted by Gasteiger charge is -2.19. The van der Waals surface area contributed by atoms with E-state index in [1.54, 1.807) is 31.4 Å². The van der Waals surface area contributed by atoms with Crippen LogP contribution in [0.4, 0.5) is 15.2 Å². The van der Waals surface area contributed by atoms with Crippen molar-refractivity contribution in [2.24, 2.45) is 7.05 Å². The van der Waals surface area contributed by atoms with Gasteiger partial charge in [-0.2, -0.15) is 5.26 Å². The van der Waals surface area contributed by atoms with Crippen LogP contribution < -0.4 is 10.5 Å². The zero-order valence-corrected chi connectivity index (χ0v) is 16.0. The molecule has 4 aromatic rings. The van der Waals surface area contributed by atoms with Gasteiger partial charge in [0.05, 0.1) is 5.69 Å². The third kappa shape index (κ3) is 2.94. The maximum atomic E-state index is 13.2. The zero-order chi connectivity index (χ0) is 19.8. The Kier molecular flexibility index (Phi) is 4.41. The van der Waals surface area contributed by atoms with Crippen molar-refractivity contribution in [1.29, 1.82) is 5.26 Å². The lowest BCUT2D eigenvalue weighted by Crippen LogP contribution is -2.20. The first-order valence-electron chi connectivity index (χ1n) is 8.48. The van der Waals surface area contributed by atoms with Gasteiger partial charge in [-0.15, -0.1) is 0 Å². The van der Waals surface area contributed by atoms with E-state index in [1.807, 2.05) is 30.1 Å². The molecule has 0 aliphatic rings. The number of aromatic nitrogens is 2. The Bertz CT molecular complexity index is 1280. The molecule has 0 saturated heterocycles. The van der Waals surface area contributed by atoms with E-state index in [0.29, 0.717) is 26.7 Å². The summed E-state index contributed by atoms with van der Waals surface area (Å²) >= 11 is 1.25. The Morgan fingerprint density at radius 2 is 1.82 bits per heavy atom. The predicted octanol–water partition coefficient (Wildman–Crippen LogP) is 4.44. The molecule has 2 heterocycles. The smallest absolute Gasteiger partial charge is 0.258 e. The minimum atomic E-state index is -0.341. The second-order valence-electron chi connectivity index (χ2n) is 6.33. The number of rotatable bonds is 3. The van der Waals surface area contributed by atoms with E-state index in [9.17, 15) is 14.4 Å². The van der Waals surface area contributed by atoms with Crippen molar-refractivity contribution in [2.45, 2.75) is 0 Å². The highest BCUT2D eigenvalue weighted by Gasteiger charge is 2.19. The van der Waals surface area contributed by atoms with Crippen molar-refractivity contribution < 1.29 is 4.39 Å². The largest absolute Gasteiger partial charge is 0.319 e. The topological polar surface area (TPSA) is 61.9 Å². The highest BCUT2D eigenvalue weighted by molar-refractivity contribution is 7.16. The molecule has 0 aliphatic heterocycles. The van der Waals surface area contributed by atoms with E-state index < -0.39 is 0 Å². The molecule has 0 radical (unpaired) electrons. The van der Waals surface area contributed by atoms with Crippen molar-refractivity contribution in [3.05, 3.63) is 75.8 Å².